The van der Waals surface area contributed by atoms with Gasteiger partial charge in [0, 0.05) is 39.7 Å². The molecule has 6 heteroatoms. The maximum atomic E-state index is 5.41. The highest BCUT2D eigenvalue weighted by Gasteiger charge is 2.18. The Labute approximate surface area is 127 Å². The zero-order chi connectivity index (χ0) is 13.7. The van der Waals surface area contributed by atoms with Gasteiger partial charge in [-0.1, -0.05) is 0 Å². The van der Waals surface area contributed by atoms with Crippen LogP contribution in [0, 0.1) is 5.92 Å². The molecule has 1 aliphatic heterocycles. The molecule has 1 unspecified atom stereocenters. The van der Waals surface area contributed by atoms with E-state index in [1.165, 1.54) is 5.56 Å². The molecule has 0 radical (unpaired) electrons. The van der Waals surface area contributed by atoms with Gasteiger partial charge in [0.1, 0.15) is 0 Å². The third-order valence-corrected chi connectivity index (χ3v) is 4.76. The van der Waals surface area contributed by atoms with Crippen molar-refractivity contribution in [2.75, 3.05) is 33.9 Å². The van der Waals surface area contributed by atoms with E-state index >= 15 is 0 Å². The summed E-state index contributed by atoms with van der Waals surface area (Å²) >= 11 is 5.18. The zero-order valence-electron chi connectivity index (χ0n) is 11.4. The van der Waals surface area contributed by atoms with E-state index in [-0.39, 0.29) is 0 Å². The van der Waals surface area contributed by atoms with Gasteiger partial charge in [0.15, 0.2) is 5.96 Å². The van der Waals surface area contributed by atoms with Crippen LogP contribution in [0.4, 0.5) is 0 Å². The molecule has 1 atom stereocenters. The molecule has 19 heavy (non-hydrogen) atoms. The lowest BCUT2D eigenvalue weighted by molar-refractivity contribution is 0.181. The van der Waals surface area contributed by atoms with Gasteiger partial charge in [-0.15, -0.1) is 11.3 Å². The Balaban J connectivity index is 1.81. The molecule has 0 amide bonds. The first-order chi connectivity index (χ1) is 9.19. The number of thiophene rings is 1. The van der Waals surface area contributed by atoms with Crippen LogP contribution in [0.15, 0.2) is 20.2 Å². The van der Waals surface area contributed by atoms with Crippen molar-refractivity contribution in [3.8, 4) is 0 Å². The molecule has 0 bridgehead atoms. The maximum absolute atomic E-state index is 5.41. The van der Waals surface area contributed by atoms with E-state index in [0.717, 1.165) is 42.5 Å². The van der Waals surface area contributed by atoms with Gasteiger partial charge in [-0.05, 0) is 39.4 Å². The first kappa shape index (κ1) is 14.8. The van der Waals surface area contributed by atoms with Crippen molar-refractivity contribution in [2.45, 2.75) is 13.0 Å². The molecule has 0 aliphatic carbocycles. The molecule has 1 saturated heterocycles. The lowest BCUT2D eigenvalue weighted by Gasteiger charge is -2.24. The fraction of sp³-hybridized carbons (Fsp3) is 0.615. The van der Waals surface area contributed by atoms with Gasteiger partial charge in [-0.2, -0.15) is 0 Å². The van der Waals surface area contributed by atoms with Crippen molar-refractivity contribution in [2.24, 2.45) is 10.9 Å². The Bertz CT molecular complexity index is 429. The third-order valence-electron chi connectivity index (χ3n) is 3.20. The van der Waals surface area contributed by atoms with Crippen molar-refractivity contribution >= 4 is 33.2 Å². The van der Waals surface area contributed by atoms with E-state index < -0.39 is 0 Å². The van der Waals surface area contributed by atoms with Crippen LogP contribution in [0.2, 0.25) is 0 Å². The number of nitrogens with zero attached hydrogens (tertiary/aromatic N) is 2. The summed E-state index contributed by atoms with van der Waals surface area (Å²) in [6.07, 6.45) is 1.15. The molecule has 0 saturated carbocycles. The first-order valence-electron chi connectivity index (χ1n) is 6.41. The summed E-state index contributed by atoms with van der Waals surface area (Å²) in [5.74, 6) is 1.56. The number of hydrogen-bond acceptors (Lipinski definition) is 3. The molecule has 1 fully saturated rings. The predicted molar refractivity (Wildman–Crippen MR) is 83.8 cm³/mol. The van der Waals surface area contributed by atoms with Crippen molar-refractivity contribution in [1.29, 1.82) is 0 Å². The van der Waals surface area contributed by atoms with Crippen molar-refractivity contribution in [1.82, 2.24) is 10.2 Å². The smallest absolute Gasteiger partial charge is 0.193 e. The van der Waals surface area contributed by atoms with Crippen LogP contribution >= 0.6 is 27.3 Å². The van der Waals surface area contributed by atoms with E-state index in [1.807, 2.05) is 7.05 Å². The van der Waals surface area contributed by atoms with Crippen LogP contribution in [0.5, 0.6) is 0 Å². The summed E-state index contributed by atoms with van der Waals surface area (Å²) in [6, 6.07) is 2.13. The van der Waals surface area contributed by atoms with Crippen molar-refractivity contribution in [3.05, 3.63) is 20.8 Å². The summed E-state index contributed by atoms with van der Waals surface area (Å²) < 4.78 is 6.58. The highest BCUT2D eigenvalue weighted by molar-refractivity contribution is 9.11. The number of halogens is 1. The zero-order valence-corrected chi connectivity index (χ0v) is 13.8. The Hall–Kier alpha value is -0.590. The molecule has 1 aromatic heterocycles. The van der Waals surface area contributed by atoms with Gasteiger partial charge < -0.3 is 15.0 Å². The monoisotopic (exact) mass is 345 g/mol. The lowest BCUT2D eigenvalue weighted by Crippen LogP contribution is -2.41. The molecular formula is C13H20BrN3OS. The lowest BCUT2D eigenvalue weighted by atomic mass is 10.1. The average Bonchev–Trinajstić information content (AvgIpc) is 3.02. The van der Waals surface area contributed by atoms with E-state index in [2.05, 4.69) is 49.6 Å². The third kappa shape index (κ3) is 4.47. The molecule has 0 aromatic carbocycles. The summed E-state index contributed by atoms with van der Waals surface area (Å²) in [6.45, 7) is 3.57. The number of nitrogens with one attached hydrogen (secondary N) is 1. The number of aliphatic imine (C=N–C) groups is 1. The molecule has 2 heterocycles. The molecule has 2 rings (SSSR count). The summed E-state index contributed by atoms with van der Waals surface area (Å²) in [7, 11) is 3.91. The minimum Gasteiger partial charge on any atom is -0.381 e. The summed E-state index contributed by atoms with van der Waals surface area (Å²) in [4.78, 5) is 6.52. The molecule has 4 nitrogen and oxygen atoms in total. The van der Waals surface area contributed by atoms with E-state index in [1.54, 1.807) is 11.3 Å². The Morgan fingerprint density at radius 2 is 2.53 bits per heavy atom. The molecule has 1 aromatic rings. The van der Waals surface area contributed by atoms with E-state index in [0.29, 0.717) is 5.92 Å². The Morgan fingerprint density at radius 3 is 3.11 bits per heavy atom. The van der Waals surface area contributed by atoms with Crippen molar-refractivity contribution in [3.63, 3.8) is 0 Å². The van der Waals surface area contributed by atoms with Crippen LogP contribution in [-0.2, 0) is 11.3 Å². The van der Waals surface area contributed by atoms with Gasteiger partial charge >= 0.3 is 0 Å². The molecular weight excluding hydrogens is 326 g/mol. The topological polar surface area (TPSA) is 36.9 Å². The molecule has 1 aliphatic rings. The predicted octanol–water partition coefficient (Wildman–Crippen LogP) is 2.55. The van der Waals surface area contributed by atoms with Crippen molar-refractivity contribution < 1.29 is 4.74 Å². The number of hydrogen-bond donors (Lipinski definition) is 1. The molecule has 106 valence electrons. The fourth-order valence-corrected chi connectivity index (χ4v) is 3.41. The quantitative estimate of drug-likeness (QED) is 0.673. The fourth-order valence-electron chi connectivity index (χ4n) is 2.21. The highest BCUT2D eigenvalue weighted by atomic mass is 79.9. The van der Waals surface area contributed by atoms with Crippen LogP contribution in [0.3, 0.4) is 0 Å². The van der Waals surface area contributed by atoms with Crippen LogP contribution in [0.1, 0.15) is 12.0 Å². The summed E-state index contributed by atoms with van der Waals surface area (Å²) in [5.41, 5.74) is 1.27. The minimum absolute atomic E-state index is 0.624. The highest BCUT2D eigenvalue weighted by Crippen LogP contribution is 2.20. The van der Waals surface area contributed by atoms with E-state index in [9.17, 15) is 0 Å². The normalized spacial score (nSPS) is 19.7. The number of ether oxygens (including phenoxy) is 1. The average molecular weight is 346 g/mol. The number of rotatable bonds is 4. The second-order valence-electron chi connectivity index (χ2n) is 4.77. The second kappa shape index (κ2) is 7.26. The number of guanidine groups is 1. The van der Waals surface area contributed by atoms with E-state index in [4.69, 9.17) is 4.74 Å². The largest absolute Gasteiger partial charge is 0.381 e. The van der Waals surface area contributed by atoms with Gasteiger partial charge in [-0.25, -0.2) is 0 Å². The second-order valence-corrected chi connectivity index (χ2v) is 7.06. The standard InChI is InChI=1S/C13H20BrN3OS/c1-15-13(16-6-11-5-12(14)19-9-11)17(2)7-10-3-4-18-8-10/h5,9-10H,3-4,6-8H2,1-2H3,(H,15,16). The van der Waals surface area contributed by atoms with Crippen LogP contribution in [-0.4, -0.2) is 44.7 Å². The Kier molecular flexibility index (Phi) is 5.66. The van der Waals surface area contributed by atoms with Gasteiger partial charge in [-0.3, -0.25) is 4.99 Å². The summed E-state index contributed by atoms with van der Waals surface area (Å²) in [5, 5.41) is 5.54. The SMILES string of the molecule is CN=C(NCc1csc(Br)c1)N(C)CC1CCOC1. The molecule has 1 N–H and O–H groups in total. The first-order valence-corrected chi connectivity index (χ1v) is 8.08. The molecule has 0 spiro atoms. The maximum Gasteiger partial charge on any atom is 0.193 e. The van der Waals surface area contributed by atoms with Gasteiger partial charge in [0.25, 0.3) is 0 Å². The van der Waals surface area contributed by atoms with Gasteiger partial charge in [0.2, 0.25) is 0 Å². The van der Waals surface area contributed by atoms with Crippen LogP contribution in [0.25, 0.3) is 0 Å². The Morgan fingerprint density at radius 1 is 1.68 bits per heavy atom. The van der Waals surface area contributed by atoms with Gasteiger partial charge in [0.05, 0.1) is 10.4 Å². The van der Waals surface area contributed by atoms with Crippen LogP contribution < -0.4 is 5.32 Å². The minimum atomic E-state index is 0.624.